The highest BCUT2D eigenvalue weighted by molar-refractivity contribution is 5.66. The number of carbonyl (C=O) groups is 1. The molecule has 0 aliphatic carbocycles. The molecular weight excluding hydrogens is 360 g/mol. The van der Waals surface area contributed by atoms with Gasteiger partial charge < -0.3 is 25.2 Å². The van der Waals surface area contributed by atoms with Crippen molar-refractivity contribution in [2.75, 3.05) is 0 Å². The van der Waals surface area contributed by atoms with Gasteiger partial charge in [0.2, 0.25) is 0 Å². The monoisotopic (exact) mass is 398 g/mol. The number of carboxylic acids is 1. The number of rotatable bonds is 15. The van der Waals surface area contributed by atoms with Crippen molar-refractivity contribution >= 4 is 5.97 Å². The van der Waals surface area contributed by atoms with Crippen molar-refractivity contribution in [1.29, 1.82) is 0 Å². The Morgan fingerprint density at radius 3 is 2.61 bits per heavy atom. The molecule has 28 heavy (non-hydrogen) atoms. The summed E-state index contributed by atoms with van der Waals surface area (Å²) in [4.78, 5) is 10.4. The first-order chi connectivity index (χ1) is 13.4. The van der Waals surface area contributed by atoms with E-state index in [1.54, 1.807) is 6.08 Å². The molecule has 6 nitrogen and oxygen atoms in total. The van der Waals surface area contributed by atoms with Gasteiger partial charge in [0, 0.05) is 12.8 Å². The number of unbranched alkanes of at least 4 members (excludes halogenated alkanes) is 5. The van der Waals surface area contributed by atoms with Crippen molar-refractivity contribution in [2.45, 2.75) is 108 Å². The molecule has 1 heterocycles. The second kappa shape index (κ2) is 14.7. The second-order valence-electron chi connectivity index (χ2n) is 7.65. The summed E-state index contributed by atoms with van der Waals surface area (Å²) in [6, 6.07) is 0. The van der Waals surface area contributed by atoms with Crippen LogP contribution in [0.5, 0.6) is 0 Å². The maximum Gasteiger partial charge on any atom is 0.303 e. The van der Waals surface area contributed by atoms with Crippen molar-refractivity contribution in [1.82, 2.24) is 0 Å². The first kappa shape index (κ1) is 24.8. The Balaban J connectivity index is 2.25. The highest BCUT2D eigenvalue weighted by Gasteiger charge is 2.36. The third kappa shape index (κ3) is 11.0. The van der Waals surface area contributed by atoms with Crippen LogP contribution in [0.2, 0.25) is 0 Å². The summed E-state index contributed by atoms with van der Waals surface area (Å²) in [5.41, 5.74) is 0. The summed E-state index contributed by atoms with van der Waals surface area (Å²) in [7, 11) is 0. The number of hydrogen-bond donors (Lipinski definition) is 4. The average molecular weight is 399 g/mol. The number of aliphatic hydroxyl groups is 3. The third-order valence-electron chi connectivity index (χ3n) is 5.06. The Hall–Kier alpha value is -1.21. The van der Waals surface area contributed by atoms with Gasteiger partial charge in [0.1, 0.15) is 0 Å². The SMILES string of the molecule is CCCCC/C=C\C[C@@H]1O[C@H]([C@@H](O)/C=C/[C@H](O)CCCCCC(=O)O)C[C@H]1O. The lowest BCUT2D eigenvalue weighted by Crippen LogP contribution is -2.24. The lowest BCUT2D eigenvalue weighted by molar-refractivity contribution is -0.137. The average Bonchev–Trinajstić information content (AvgIpc) is 3.03. The zero-order chi connectivity index (χ0) is 20.8. The summed E-state index contributed by atoms with van der Waals surface area (Å²) in [5.74, 6) is -0.799. The number of hydrogen-bond acceptors (Lipinski definition) is 5. The quantitative estimate of drug-likeness (QED) is 0.249. The maximum absolute atomic E-state index is 10.4. The molecule has 0 aromatic rings. The minimum Gasteiger partial charge on any atom is -0.481 e. The van der Waals surface area contributed by atoms with E-state index in [4.69, 9.17) is 9.84 Å². The van der Waals surface area contributed by atoms with E-state index in [-0.39, 0.29) is 12.5 Å². The molecule has 0 radical (unpaired) electrons. The Bertz CT molecular complexity index is 476. The van der Waals surface area contributed by atoms with Crippen LogP contribution in [0.1, 0.15) is 77.6 Å². The van der Waals surface area contributed by atoms with Crippen LogP contribution in [0.4, 0.5) is 0 Å². The van der Waals surface area contributed by atoms with E-state index in [0.29, 0.717) is 25.7 Å². The predicted octanol–water partition coefficient (Wildman–Crippen LogP) is 3.34. The van der Waals surface area contributed by atoms with Gasteiger partial charge in [-0.3, -0.25) is 4.79 Å². The van der Waals surface area contributed by atoms with Crippen LogP contribution in [0.25, 0.3) is 0 Å². The molecule has 1 aliphatic rings. The molecule has 6 heteroatoms. The molecule has 0 saturated carbocycles. The highest BCUT2D eigenvalue weighted by Crippen LogP contribution is 2.26. The van der Waals surface area contributed by atoms with Crippen molar-refractivity contribution in [3.63, 3.8) is 0 Å². The summed E-state index contributed by atoms with van der Waals surface area (Å²) in [6.45, 7) is 2.17. The van der Waals surface area contributed by atoms with Crippen molar-refractivity contribution in [2.24, 2.45) is 0 Å². The van der Waals surface area contributed by atoms with Gasteiger partial charge in [-0.1, -0.05) is 56.9 Å². The standard InChI is InChI=1S/C22H38O6/c1-2-3-4-5-6-9-12-20-19(25)16-21(28-20)18(24)15-14-17(23)11-8-7-10-13-22(26)27/h6,9,14-15,17-21,23-25H,2-5,7-8,10-13,16H2,1H3,(H,26,27)/b9-6-,15-14+/t17-,18+,19-,20+,21+/m1/s1. The van der Waals surface area contributed by atoms with Gasteiger partial charge in [0.25, 0.3) is 0 Å². The van der Waals surface area contributed by atoms with Crippen molar-refractivity contribution < 1.29 is 30.0 Å². The summed E-state index contributed by atoms with van der Waals surface area (Å²) in [5, 5.41) is 38.9. The van der Waals surface area contributed by atoms with Gasteiger partial charge in [-0.25, -0.2) is 0 Å². The van der Waals surface area contributed by atoms with Crippen molar-refractivity contribution in [3.8, 4) is 0 Å². The smallest absolute Gasteiger partial charge is 0.303 e. The van der Waals surface area contributed by atoms with Gasteiger partial charge >= 0.3 is 5.97 Å². The van der Waals surface area contributed by atoms with E-state index in [2.05, 4.69) is 13.0 Å². The fourth-order valence-electron chi connectivity index (χ4n) is 3.32. The van der Waals surface area contributed by atoms with E-state index < -0.39 is 30.4 Å². The zero-order valence-electron chi connectivity index (χ0n) is 17.1. The Labute approximate surface area is 168 Å². The molecule has 0 amide bonds. The highest BCUT2D eigenvalue weighted by atomic mass is 16.5. The van der Waals surface area contributed by atoms with E-state index in [1.807, 2.05) is 6.08 Å². The molecule has 5 atom stereocenters. The molecule has 0 aromatic heterocycles. The predicted molar refractivity (Wildman–Crippen MR) is 109 cm³/mol. The first-order valence-corrected chi connectivity index (χ1v) is 10.7. The normalized spacial score (nSPS) is 24.9. The molecule has 0 spiro atoms. The minimum absolute atomic E-state index is 0.154. The molecule has 1 aliphatic heterocycles. The van der Waals surface area contributed by atoms with E-state index >= 15 is 0 Å². The van der Waals surface area contributed by atoms with Crippen molar-refractivity contribution in [3.05, 3.63) is 24.3 Å². The van der Waals surface area contributed by atoms with E-state index in [0.717, 1.165) is 19.3 Å². The van der Waals surface area contributed by atoms with Gasteiger partial charge in [-0.05, 0) is 32.1 Å². The molecule has 0 unspecified atom stereocenters. The van der Waals surface area contributed by atoms with Crippen LogP contribution < -0.4 is 0 Å². The summed E-state index contributed by atoms with van der Waals surface area (Å²) < 4.78 is 5.79. The van der Waals surface area contributed by atoms with E-state index in [9.17, 15) is 20.1 Å². The molecular formula is C22H38O6. The number of aliphatic hydroxyl groups excluding tert-OH is 3. The summed E-state index contributed by atoms with van der Waals surface area (Å²) in [6.07, 6.45) is 12.8. The van der Waals surface area contributed by atoms with Crippen LogP contribution in [-0.4, -0.2) is 56.9 Å². The van der Waals surface area contributed by atoms with Gasteiger partial charge in [-0.15, -0.1) is 0 Å². The zero-order valence-corrected chi connectivity index (χ0v) is 17.1. The van der Waals surface area contributed by atoms with Crippen LogP contribution in [-0.2, 0) is 9.53 Å². The van der Waals surface area contributed by atoms with Gasteiger partial charge in [-0.2, -0.15) is 0 Å². The van der Waals surface area contributed by atoms with E-state index in [1.165, 1.54) is 25.3 Å². The molecule has 0 bridgehead atoms. The molecule has 4 N–H and O–H groups in total. The molecule has 162 valence electrons. The number of carboxylic acid groups (broad SMARTS) is 1. The fourth-order valence-corrected chi connectivity index (χ4v) is 3.32. The van der Waals surface area contributed by atoms with Crippen LogP contribution in [0.15, 0.2) is 24.3 Å². The molecule has 1 saturated heterocycles. The Kier molecular flexibility index (Phi) is 13.1. The number of allylic oxidation sites excluding steroid dienone is 1. The first-order valence-electron chi connectivity index (χ1n) is 10.7. The largest absolute Gasteiger partial charge is 0.481 e. The summed E-state index contributed by atoms with van der Waals surface area (Å²) >= 11 is 0. The minimum atomic E-state index is -0.866. The molecule has 0 aromatic carbocycles. The Morgan fingerprint density at radius 2 is 1.89 bits per heavy atom. The Morgan fingerprint density at radius 1 is 1.11 bits per heavy atom. The lowest BCUT2D eigenvalue weighted by Gasteiger charge is -2.16. The van der Waals surface area contributed by atoms with Gasteiger partial charge in [0.05, 0.1) is 30.5 Å². The molecule has 1 rings (SSSR count). The fraction of sp³-hybridized carbons (Fsp3) is 0.773. The topological polar surface area (TPSA) is 107 Å². The lowest BCUT2D eigenvalue weighted by atomic mass is 10.0. The van der Waals surface area contributed by atoms with Crippen LogP contribution in [0.3, 0.4) is 0 Å². The second-order valence-corrected chi connectivity index (χ2v) is 7.65. The van der Waals surface area contributed by atoms with Gasteiger partial charge in [0.15, 0.2) is 0 Å². The third-order valence-corrected chi connectivity index (χ3v) is 5.06. The maximum atomic E-state index is 10.4. The molecule has 1 fully saturated rings. The van der Waals surface area contributed by atoms with Crippen LogP contribution >= 0.6 is 0 Å². The number of ether oxygens (including phenoxy) is 1. The van der Waals surface area contributed by atoms with Crippen LogP contribution in [0, 0.1) is 0 Å². The number of aliphatic carboxylic acids is 1.